The van der Waals surface area contributed by atoms with Gasteiger partial charge in [-0.15, -0.1) is 0 Å². The summed E-state index contributed by atoms with van der Waals surface area (Å²) in [5.74, 6) is -0.186. The number of halogens is 1. The molecule has 19 heavy (non-hydrogen) atoms. The molecule has 0 aliphatic heterocycles. The summed E-state index contributed by atoms with van der Waals surface area (Å²) in [7, 11) is 0. The zero-order valence-corrected chi connectivity index (χ0v) is 12.3. The van der Waals surface area contributed by atoms with Crippen LogP contribution < -0.4 is 5.32 Å². The van der Waals surface area contributed by atoms with Gasteiger partial charge in [0, 0.05) is 11.3 Å². The topological polar surface area (TPSA) is 49.3 Å². The largest absolute Gasteiger partial charge is 0.507 e. The Morgan fingerprint density at radius 3 is 2.37 bits per heavy atom. The van der Waals surface area contributed by atoms with Crippen molar-refractivity contribution in [3.8, 4) is 5.75 Å². The molecule has 0 heterocycles. The third kappa shape index (κ3) is 2.96. The van der Waals surface area contributed by atoms with Gasteiger partial charge >= 0.3 is 0 Å². The molecule has 4 heteroatoms. The van der Waals surface area contributed by atoms with E-state index in [1.807, 2.05) is 32.0 Å². The van der Waals surface area contributed by atoms with Crippen molar-refractivity contribution in [3.05, 3.63) is 57.6 Å². The number of nitrogens with one attached hydrogen (secondary N) is 1. The van der Waals surface area contributed by atoms with Gasteiger partial charge in [0.15, 0.2) is 0 Å². The lowest BCUT2D eigenvalue weighted by Crippen LogP contribution is -2.13. The average molecular weight is 320 g/mol. The van der Waals surface area contributed by atoms with Gasteiger partial charge in [0.05, 0.1) is 4.47 Å². The monoisotopic (exact) mass is 319 g/mol. The number of para-hydroxylation sites is 1. The summed E-state index contributed by atoms with van der Waals surface area (Å²) >= 11 is 3.19. The number of phenolic OH excluding ortho intramolecular Hbond substituents is 1. The molecule has 0 radical (unpaired) electrons. The van der Waals surface area contributed by atoms with E-state index in [0.717, 1.165) is 16.8 Å². The Bertz CT molecular complexity index is 618. The number of aryl methyl sites for hydroxylation is 2. The highest BCUT2D eigenvalue weighted by atomic mass is 79.9. The summed E-state index contributed by atoms with van der Waals surface area (Å²) in [4.78, 5) is 12.1. The van der Waals surface area contributed by atoms with Crippen LogP contribution in [0.1, 0.15) is 21.5 Å². The number of carbonyl (C=O) groups is 1. The van der Waals surface area contributed by atoms with Crippen molar-refractivity contribution in [2.75, 3.05) is 5.32 Å². The Labute approximate surface area is 120 Å². The third-order valence-electron chi connectivity index (χ3n) is 2.93. The molecular formula is C15H14BrNO2. The summed E-state index contributed by atoms with van der Waals surface area (Å²) in [6.07, 6.45) is 0. The van der Waals surface area contributed by atoms with E-state index < -0.39 is 0 Å². The summed E-state index contributed by atoms with van der Waals surface area (Å²) in [6.45, 7) is 3.89. The number of rotatable bonds is 2. The maximum atomic E-state index is 12.1. The molecule has 3 nitrogen and oxygen atoms in total. The number of anilines is 1. The maximum absolute atomic E-state index is 12.1. The molecule has 0 aromatic heterocycles. The molecule has 0 unspecified atom stereocenters. The van der Waals surface area contributed by atoms with Crippen molar-refractivity contribution in [2.45, 2.75) is 13.8 Å². The minimum Gasteiger partial charge on any atom is -0.507 e. The minimum absolute atomic E-state index is 0.0501. The van der Waals surface area contributed by atoms with E-state index in [-0.39, 0.29) is 11.7 Å². The first-order valence-electron chi connectivity index (χ1n) is 5.85. The molecule has 2 N–H and O–H groups in total. The molecule has 0 aliphatic rings. The van der Waals surface area contributed by atoms with E-state index in [0.29, 0.717) is 10.0 Å². The molecular weight excluding hydrogens is 306 g/mol. The first-order chi connectivity index (χ1) is 8.99. The van der Waals surface area contributed by atoms with Crippen LogP contribution in [0.15, 0.2) is 40.9 Å². The lowest BCUT2D eigenvalue weighted by molar-refractivity contribution is 0.102. The van der Waals surface area contributed by atoms with Crippen molar-refractivity contribution in [1.29, 1.82) is 0 Å². The Hall–Kier alpha value is -1.81. The van der Waals surface area contributed by atoms with Gasteiger partial charge < -0.3 is 10.4 Å². The van der Waals surface area contributed by atoms with Gasteiger partial charge in [-0.2, -0.15) is 0 Å². The number of phenols is 1. The molecule has 1 amide bonds. The number of benzene rings is 2. The molecule has 0 aliphatic carbocycles. The van der Waals surface area contributed by atoms with E-state index in [9.17, 15) is 9.90 Å². The zero-order valence-electron chi connectivity index (χ0n) is 10.7. The number of hydrogen-bond donors (Lipinski definition) is 2. The quantitative estimate of drug-likeness (QED) is 0.878. The van der Waals surface area contributed by atoms with Crippen LogP contribution in [0.5, 0.6) is 5.75 Å². The van der Waals surface area contributed by atoms with E-state index >= 15 is 0 Å². The molecule has 2 aromatic carbocycles. The highest BCUT2D eigenvalue weighted by molar-refractivity contribution is 9.10. The SMILES string of the molecule is Cc1cccc(C)c1NC(=O)c1ccc(Br)c(O)c1. The van der Waals surface area contributed by atoms with Crippen molar-refractivity contribution < 1.29 is 9.90 Å². The molecule has 0 fully saturated rings. The fourth-order valence-corrected chi connectivity index (χ4v) is 2.10. The molecule has 2 aromatic rings. The fourth-order valence-electron chi connectivity index (χ4n) is 1.85. The zero-order chi connectivity index (χ0) is 14.0. The van der Waals surface area contributed by atoms with Crippen LogP contribution in [-0.4, -0.2) is 11.0 Å². The fraction of sp³-hybridized carbons (Fsp3) is 0.133. The Kier molecular flexibility index (Phi) is 3.90. The van der Waals surface area contributed by atoms with Gasteiger partial charge in [0.25, 0.3) is 5.91 Å². The molecule has 98 valence electrons. The first kappa shape index (κ1) is 13.6. The van der Waals surface area contributed by atoms with Gasteiger partial charge in [-0.1, -0.05) is 18.2 Å². The molecule has 0 bridgehead atoms. The van der Waals surface area contributed by atoms with Crippen LogP contribution in [0.3, 0.4) is 0 Å². The summed E-state index contributed by atoms with van der Waals surface area (Å²) < 4.78 is 0.566. The third-order valence-corrected chi connectivity index (χ3v) is 3.60. The van der Waals surface area contributed by atoms with E-state index in [4.69, 9.17) is 0 Å². The highest BCUT2D eigenvalue weighted by Gasteiger charge is 2.11. The predicted molar refractivity (Wildman–Crippen MR) is 79.7 cm³/mol. The number of carbonyl (C=O) groups excluding carboxylic acids is 1. The van der Waals surface area contributed by atoms with E-state index in [1.165, 1.54) is 6.07 Å². The van der Waals surface area contributed by atoms with Crippen LogP contribution in [-0.2, 0) is 0 Å². The number of hydrogen-bond acceptors (Lipinski definition) is 2. The Morgan fingerprint density at radius 1 is 1.16 bits per heavy atom. The second kappa shape index (κ2) is 5.45. The van der Waals surface area contributed by atoms with Crippen molar-refractivity contribution in [1.82, 2.24) is 0 Å². The number of amides is 1. The summed E-state index contributed by atoms with van der Waals surface area (Å²) in [5, 5.41) is 12.5. The Morgan fingerprint density at radius 2 is 1.79 bits per heavy atom. The van der Waals surface area contributed by atoms with E-state index in [1.54, 1.807) is 12.1 Å². The normalized spacial score (nSPS) is 10.3. The highest BCUT2D eigenvalue weighted by Crippen LogP contribution is 2.25. The summed E-state index contributed by atoms with van der Waals surface area (Å²) in [6, 6.07) is 10.6. The Balaban J connectivity index is 2.28. The molecule has 0 spiro atoms. The minimum atomic E-state index is -0.236. The lowest BCUT2D eigenvalue weighted by Gasteiger charge is -2.11. The van der Waals surface area contributed by atoms with Crippen molar-refractivity contribution in [2.24, 2.45) is 0 Å². The average Bonchev–Trinajstić information content (AvgIpc) is 2.37. The van der Waals surface area contributed by atoms with Crippen LogP contribution in [0, 0.1) is 13.8 Å². The van der Waals surface area contributed by atoms with Crippen LogP contribution in [0.2, 0.25) is 0 Å². The van der Waals surface area contributed by atoms with Crippen molar-refractivity contribution in [3.63, 3.8) is 0 Å². The summed E-state index contributed by atoms with van der Waals surface area (Å²) in [5.41, 5.74) is 3.25. The first-order valence-corrected chi connectivity index (χ1v) is 6.64. The van der Waals surface area contributed by atoms with Gasteiger partial charge in [-0.25, -0.2) is 0 Å². The van der Waals surface area contributed by atoms with Crippen molar-refractivity contribution >= 4 is 27.5 Å². The van der Waals surface area contributed by atoms with Gasteiger partial charge in [-0.3, -0.25) is 4.79 Å². The molecule has 0 atom stereocenters. The molecule has 2 rings (SSSR count). The standard InChI is InChI=1S/C15H14BrNO2/c1-9-4-3-5-10(2)14(9)17-15(19)11-6-7-12(16)13(18)8-11/h3-8,18H,1-2H3,(H,17,19). The van der Waals surface area contributed by atoms with Crippen LogP contribution in [0.25, 0.3) is 0 Å². The molecule has 0 saturated heterocycles. The molecule has 0 saturated carbocycles. The van der Waals surface area contributed by atoms with Gasteiger partial charge in [-0.05, 0) is 59.1 Å². The van der Waals surface area contributed by atoms with Crippen LogP contribution in [0.4, 0.5) is 5.69 Å². The van der Waals surface area contributed by atoms with Gasteiger partial charge in [0.2, 0.25) is 0 Å². The maximum Gasteiger partial charge on any atom is 0.255 e. The van der Waals surface area contributed by atoms with Gasteiger partial charge in [0.1, 0.15) is 5.75 Å². The number of aromatic hydroxyl groups is 1. The second-order valence-electron chi connectivity index (χ2n) is 4.39. The van der Waals surface area contributed by atoms with E-state index in [2.05, 4.69) is 21.2 Å². The lowest BCUT2D eigenvalue weighted by atomic mass is 10.1. The second-order valence-corrected chi connectivity index (χ2v) is 5.24. The predicted octanol–water partition coefficient (Wildman–Crippen LogP) is 4.02. The smallest absolute Gasteiger partial charge is 0.255 e. The van der Waals surface area contributed by atoms with Crippen LogP contribution >= 0.6 is 15.9 Å².